The SMILES string of the molecule is COC(=O)C1=C(Nc2cccc(Cl)c2C(=O)O)C(=O)N(CCO)C1. The van der Waals surface area contributed by atoms with Crippen LogP contribution in [0.5, 0.6) is 0 Å². The zero-order valence-corrected chi connectivity index (χ0v) is 13.5. The number of hydrogen-bond acceptors (Lipinski definition) is 6. The van der Waals surface area contributed by atoms with Gasteiger partial charge in [-0.1, -0.05) is 17.7 Å². The lowest BCUT2D eigenvalue weighted by Crippen LogP contribution is -2.31. The van der Waals surface area contributed by atoms with E-state index in [1.54, 1.807) is 0 Å². The van der Waals surface area contributed by atoms with Crippen LogP contribution in [0, 0.1) is 0 Å². The summed E-state index contributed by atoms with van der Waals surface area (Å²) in [6, 6.07) is 4.35. The maximum Gasteiger partial charge on any atom is 0.339 e. The molecule has 0 saturated heterocycles. The molecule has 1 aromatic carbocycles. The number of nitrogens with zero attached hydrogens (tertiary/aromatic N) is 1. The van der Waals surface area contributed by atoms with Crippen LogP contribution in [0.15, 0.2) is 29.5 Å². The van der Waals surface area contributed by atoms with Gasteiger partial charge >= 0.3 is 11.9 Å². The van der Waals surface area contributed by atoms with E-state index in [1.807, 2.05) is 0 Å². The Morgan fingerprint density at radius 3 is 2.71 bits per heavy atom. The van der Waals surface area contributed by atoms with Crippen molar-refractivity contribution in [2.75, 3.05) is 32.1 Å². The zero-order chi connectivity index (χ0) is 17.9. The Morgan fingerprint density at radius 1 is 1.42 bits per heavy atom. The fourth-order valence-electron chi connectivity index (χ4n) is 2.33. The molecule has 0 fully saturated rings. The Bertz CT molecular complexity index is 731. The van der Waals surface area contributed by atoms with E-state index < -0.39 is 17.8 Å². The molecule has 1 aliphatic rings. The van der Waals surface area contributed by atoms with Gasteiger partial charge in [-0.05, 0) is 12.1 Å². The Labute approximate surface area is 142 Å². The number of carbonyl (C=O) groups is 3. The average molecular weight is 355 g/mol. The van der Waals surface area contributed by atoms with E-state index in [2.05, 4.69) is 10.1 Å². The molecule has 9 heteroatoms. The topological polar surface area (TPSA) is 116 Å². The summed E-state index contributed by atoms with van der Waals surface area (Å²) in [7, 11) is 1.17. The molecule has 0 spiro atoms. The molecule has 24 heavy (non-hydrogen) atoms. The lowest BCUT2D eigenvalue weighted by Gasteiger charge is -2.15. The maximum absolute atomic E-state index is 12.4. The van der Waals surface area contributed by atoms with E-state index in [9.17, 15) is 19.5 Å². The van der Waals surface area contributed by atoms with Crippen molar-refractivity contribution in [2.45, 2.75) is 0 Å². The van der Waals surface area contributed by atoms with Gasteiger partial charge < -0.3 is 25.2 Å². The number of carbonyl (C=O) groups excluding carboxylic acids is 2. The van der Waals surface area contributed by atoms with Crippen LogP contribution < -0.4 is 5.32 Å². The molecule has 1 aromatic rings. The van der Waals surface area contributed by atoms with Crippen LogP contribution in [0.3, 0.4) is 0 Å². The molecule has 0 bridgehead atoms. The minimum absolute atomic E-state index is 0.00891. The second-order valence-corrected chi connectivity index (χ2v) is 5.30. The molecule has 3 N–H and O–H groups in total. The first-order chi connectivity index (χ1) is 11.4. The number of carboxylic acid groups (broad SMARTS) is 1. The van der Waals surface area contributed by atoms with Crippen molar-refractivity contribution in [3.8, 4) is 0 Å². The van der Waals surface area contributed by atoms with Crippen molar-refractivity contribution in [2.24, 2.45) is 0 Å². The number of methoxy groups -OCH3 is 1. The number of halogens is 1. The molecule has 0 saturated carbocycles. The van der Waals surface area contributed by atoms with Crippen molar-refractivity contribution < 1.29 is 29.3 Å². The zero-order valence-electron chi connectivity index (χ0n) is 12.7. The average Bonchev–Trinajstić information content (AvgIpc) is 2.84. The summed E-state index contributed by atoms with van der Waals surface area (Å²) in [6.45, 7) is -0.284. The number of carboxylic acids is 1. The highest BCUT2D eigenvalue weighted by Gasteiger charge is 2.35. The van der Waals surface area contributed by atoms with Crippen LogP contribution in [-0.4, -0.2) is 59.8 Å². The van der Waals surface area contributed by atoms with Gasteiger partial charge in [0.15, 0.2) is 0 Å². The molecule has 0 radical (unpaired) electrons. The fourth-order valence-corrected chi connectivity index (χ4v) is 2.58. The molecule has 0 aromatic heterocycles. The standard InChI is InChI=1S/C15H15ClN2O6/c1-24-15(23)8-7-18(5-6-19)13(20)12(8)17-10-4-2-3-9(16)11(10)14(21)22/h2-4,17,19H,5-7H2,1H3,(H,21,22). The second kappa shape index (κ2) is 7.33. The van der Waals surface area contributed by atoms with E-state index in [4.69, 9.17) is 16.7 Å². The van der Waals surface area contributed by atoms with E-state index in [0.29, 0.717) is 0 Å². The first kappa shape index (κ1) is 17.8. The number of aliphatic hydroxyl groups excluding tert-OH is 1. The number of rotatable bonds is 6. The summed E-state index contributed by atoms with van der Waals surface area (Å²) in [5.41, 5.74) is -0.192. The van der Waals surface area contributed by atoms with Gasteiger partial charge in [0, 0.05) is 6.54 Å². The summed E-state index contributed by atoms with van der Waals surface area (Å²) in [4.78, 5) is 36.9. The molecule has 128 valence electrons. The van der Waals surface area contributed by atoms with Crippen LogP contribution in [0.4, 0.5) is 5.69 Å². The number of ether oxygens (including phenoxy) is 1. The highest BCUT2D eigenvalue weighted by atomic mass is 35.5. The minimum Gasteiger partial charge on any atom is -0.478 e. The molecular formula is C15H15ClN2O6. The van der Waals surface area contributed by atoms with Gasteiger partial charge in [-0.25, -0.2) is 9.59 Å². The molecule has 8 nitrogen and oxygen atoms in total. The van der Waals surface area contributed by atoms with Crippen LogP contribution >= 0.6 is 11.6 Å². The lowest BCUT2D eigenvalue weighted by atomic mass is 10.1. The van der Waals surface area contributed by atoms with Crippen molar-refractivity contribution in [3.05, 3.63) is 40.1 Å². The highest BCUT2D eigenvalue weighted by molar-refractivity contribution is 6.34. The Balaban J connectivity index is 2.45. The molecule has 0 atom stereocenters. The van der Waals surface area contributed by atoms with Gasteiger partial charge in [-0.2, -0.15) is 0 Å². The number of amides is 1. The first-order valence-electron chi connectivity index (χ1n) is 6.91. The normalized spacial score (nSPS) is 14.1. The summed E-state index contributed by atoms with van der Waals surface area (Å²) in [5.74, 6) is -2.54. The molecule has 0 aliphatic carbocycles. The van der Waals surface area contributed by atoms with Crippen LogP contribution in [0.25, 0.3) is 0 Å². The summed E-state index contributed by atoms with van der Waals surface area (Å²) in [5, 5.41) is 21.0. The smallest absolute Gasteiger partial charge is 0.339 e. The van der Waals surface area contributed by atoms with Gasteiger partial charge in [0.2, 0.25) is 0 Å². The summed E-state index contributed by atoms with van der Waals surface area (Å²) in [6.07, 6.45) is 0. The van der Waals surface area contributed by atoms with E-state index in [0.717, 1.165) is 0 Å². The maximum atomic E-state index is 12.4. The number of aliphatic hydroxyl groups is 1. The van der Waals surface area contributed by atoms with Crippen LogP contribution in [-0.2, 0) is 14.3 Å². The molecule has 1 heterocycles. The number of hydrogen-bond donors (Lipinski definition) is 3. The Hall–Kier alpha value is -2.58. The molecule has 0 unspecified atom stereocenters. The van der Waals surface area contributed by atoms with Gasteiger partial charge in [0.05, 0.1) is 36.5 Å². The second-order valence-electron chi connectivity index (χ2n) is 4.89. The third kappa shape index (κ3) is 3.34. The monoisotopic (exact) mass is 354 g/mol. The molecule has 1 amide bonds. The molecule has 2 rings (SSSR count). The Morgan fingerprint density at radius 2 is 2.12 bits per heavy atom. The van der Waals surface area contributed by atoms with Crippen molar-refractivity contribution in [1.82, 2.24) is 4.90 Å². The van der Waals surface area contributed by atoms with Gasteiger partial charge in [0.25, 0.3) is 5.91 Å². The summed E-state index contributed by atoms with van der Waals surface area (Å²) < 4.78 is 4.66. The third-order valence-electron chi connectivity index (χ3n) is 3.44. The van der Waals surface area contributed by atoms with E-state index in [1.165, 1.54) is 30.2 Å². The van der Waals surface area contributed by atoms with E-state index in [-0.39, 0.29) is 47.2 Å². The van der Waals surface area contributed by atoms with Crippen molar-refractivity contribution in [1.29, 1.82) is 0 Å². The van der Waals surface area contributed by atoms with E-state index >= 15 is 0 Å². The number of nitrogens with one attached hydrogen (secondary N) is 1. The number of benzene rings is 1. The quantitative estimate of drug-likeness (QED) is 0.644. The number of aromatic carboxylic acids is 1. The minimum atomic E-state index is -1.28. The van der Waals surface area contributed by atoms with Crippen molar-refractivity contribution in [3.63, 3.8) is 0 Å². The summed E-state index contributed by atoms with van der Waals surface area (Å²) >= 11 is 5.89. The van der Waals surface area contributed by atoms with Gasteiger partial charge in [-0.15, -0.1) is 0 Å². The predicted molar refractivity (Wildman–Crippen MR) is 84.7 cm³/mol. The molecule has 1 aliphatic heterocycles. The molecular weight excluding hydrogens is 340 g/mol. The van der Waals surface area contributed by atoms with Crippen LogP contribution in [0.1, 0.15) is 10.4 Å². The van der Waals surface area contributed by atoms with Gasteiger partial charge in [0.1, 0.15) is 11.3 Å². The predicted octanol–water partition coefficient (Wildman–Crippen LogP) is 0.712. The lowest BCUT2D eigenvalue weighted by molar-refractivity contribution is -0.136. The number of anilines is 1. The Kier molecular flexibility index (Phi) is 5.42. The van der Waals surface area contributed by atoms with Gasteiger partial charge in [-0.3, -0.25) is 4.79 Å². The first-order valence-corrected chi connectivity index (χ1v) is 7.29. The number of esters is 1. The highest BCUT2D eigenvalue weighted by Crippen LogP contribution is 2.28. The van der Waals surface area contributed by atoms with Crippen molar-refractivity contribution >= 4 is 35.1 Å². The fraction of sp³-hybridized carbons (Fsp3) is 0.267. The largest absolute Gasteiger partial charge is 0.478 e. The van der Waals surface area contributed by atoms with Crippen LogP contribution in [0.2, 0.25) is 5.02 Å². The number of β-amino-alcohol motifs (C(OH)–C–C–N with tert-alkyl or cyclic N) is 1. The third-order valence-corrected chi connectivity index (χ3v) is 3.76.